The standard InChI is InChI=1S/C16H16N2O2/c17-14-6-5-12-9-18(10-13(12)7-14)16(20)8-11-3-1-2-4-15(11)19/h1-7,19H,8-10,17H2. The smallest absolute Gasteiger partial charge is 0.227 e. The van der Waals surface area contributed by atoms with E-state index in [4.69, 9.17) is 5.73 Å². The van der Waals surface area contributed by atoms with Gasteiger partial charge in [-0.25, -0.2) is 0 Å². The van der Waals surface area contributed by atoms with Crippen molar-refractivity contribution in [2.24, 2.45) is 0 Å². The summed E-state index contributed by atoms with van der Waals surface area (Å²) >= 11 is 0. The third-order valence-corrected chi connectivity index (χ3v) is 3.64. The molecule has 20 heavy (non-hydrogen) atoms. The topological polar surface area (TPSA) is 66.6 Å². The van der Waals surface area contributed by atoms with Crippen molar-refractivity contribution in [3.8, 4) is 5.75 Å². The molecule has 1 amide bonds. The van der Waals surface area contributed by atoms with Crippen LogP contribution in [0.2, 0.25) is 0 Å². The van der Waals surface area contributed by atoms with Gasteiger partial charge in [-0.05, 0) is 29.3 Å². The van der Waals surface area contributed by atoms with Gasteiger partial charge in [-0.15, -0.1) is 0 Å². The lowest BCUT2D eigenvalue weighted by atomic mass is 10.1. The molecule has 4 nitrogen and oxygen atoms in total. The Morgan fingerprint density at radius 1 is 1.15 bits per heavy atom. The Labute approximate surface area is 117 Å². The average molecular weight is 268 g/mol. The van der Waals surface area contributed by atoms with Crippen molar-refractivity contribution in [1.82, 2.24) is 4.90 Å². The summed E-state index contributed by atoms with van der Waals surface area (Å²) in [4.78, 5) is 14.1. The number of fused-ring (bicyclic) bond motifs is 1. The fourth-order valence-corrected chi connectivity index (χ4v) is 2.53. The van der Waals surface area contributed by atoms with E-state index < -0.39 is 0 Å². The summed E-state index contributed by atoms with van der Waals surface area (Å²) in [5, 5.41) is 9.72. The largest absolute Gasteiger partial charge is 0.508 e. The second kappa shape index (κ2) is 4.89. The lowest BCUT2D eigenvalue weighted by Crippen LogP contribution is -2.26. The van der Waals surface area contributed by atoms with E-state index in [1.165, 1.54) is 0 Å². The van der Waals surface area contributed by atoms with Gasteiger partial charge in [0.25, 0.3) is 0 Å². The second-order valence-electron chi connectivity index (χ2n) is 5.08. The molecule has 0 aromatic heterocycles. The third-order valence-electron chi connectivity index (χ3n) is 3.64. The van der Waals surface area contributed by atoms with Crippen LogP contribution in [0.15, 0.2) is 42.5 Å². The van der Waals surface area contributed by atoms with Gasteiger partial charge >= 0.3 is 0 Å². The van der Waals surface area contributed by atoms with Crippen LogP contribution in [0.25, 0.3) is 0 Å². The van der Waals surface area contributed by atoms with Crippen LogP contribution >= 0.6 is 0 Å². The van der Waals surface area contributed by atoms with Crippen LogP contribution in [0.5, 0.6) is 5.75 Å². The van der Waals surface area contributed by atoms with Crippen LogP contribution in [0.1, 0.15) is 16.7 Å². The molecule has 4 heteroatoms. The van der Waals surface area contributed by atoms with E-state index in [2.05, 4.69) is 0 Å². The molecule has 0 saturated heterocycles. The van der Waals surface area contributed by atoms with E-state index in [9.17, 15) is 9.90 Å². The van der Waals surface area contributed by atoms with Gasteiger partial charge in [-0.3, -0.25) is 4.79 Å². The van der Waals surface area contributed by atoms with E-state index in [-0.39, 0.29) is 18.1 Å². The summed E-state index contributed by atoms with van der Waals surface area (Å²) in [5.74, 6) is 0.183. The highest BCUT2D eigenvalue weighted by Gasteiger charge is 2.23. The first-order chi connectivity index (χ1) is 9.63. The Kier molecular flexibility index (Phi) is 3.06. The second-order valence-corrected chi connectivity index (χ2v) is 5.08. The predicted octanol–water partition coefficient (Wildman–Crippen LogP) is 2.06. The van der Waals surface area contributed by atoms with Crippen LogP contribution in [-0.4, -0.2) is 15.9 Å². The number of hydrogen-bond acceptors (Lipinski definition) is 3. The van der Waals surface area contributed by atoms with Crippen LogP contribution < -0.4 is 5.73 Å². The molecular formula is C16H16N2O2. The van der Waals surface area contributed by atoms with Gasteiger partial charge in [0.15, 0.2) is 0 Å². The quantitative estimate of drug-likeness (QED) is 0.819. The van der Waals surface area contributed by atoms with Gasteiger partial charge in [-0.2, -0.15) is 0 Å². The zero-order valence-electron chi connectivity index (χ0n) is 11.0. The van der Waals surface area contributed by atoms with E-state index in [1.807, 2.05) is 24.3 Å². The van der Waals surface area contributed by atoms with E-state index in [0.717, 1.165) is 16.8 Å². The number of hydrogen-bond donors (Lipinski definition) is 2. The number of anilines is 1. The molecule has 3 N–H and O–H groups in total. The van der Waals surface area contributed by atoms with Gasteiger partial charge in [0.2, 0.25) is 5.91 Å². The van der Waals surface area contributed by atoms with Crippen molar-refractivity contribution >= 4 is 11.6 Å². The van der Waals surface area contributed by atoms with Gasteiger partial charge < -0.3 is 15.7 Å². The van der Waals surface area contributed by atoms with E-state index >= 15 is 0 Å². The maximum absolute atomic E-state index is 12.3. The van der Waals surface area contributed by atoms with E-state index in [1.54, 1.807) is 23.1 Å². The molecule has 0 atom stereocenters. The van der Waals surface area contributed by atoms with Crippen molar-refractivity contribution in [2.75, 3.05) is 5.73 Å². The number of nitrogens with zero attached hydrogens (tertiary/aromatic N) is 1. The zero-order chi connectivity index (χ0) is 14.1. The molecule has 1 aliphatic rings. The molecule has 1 aliphatic heterocycles. The first kappa shape index (κ1) is 12.5. The minimum Gasteiger partial charge on any atom is -0.508 e. The fraction of sp³-hybridized carbons (Fsp3) is 0.188. The summed E-state index contributed by atoms with van der Waals surface area (Å²) in [6, 6.07) is 12.7. The molecule has 0 unspecified atom stereocenters. The van der Waals surface area contributed by atoms with Gasteiger partial charge in [0, 0.05) is 24.3 Å². The number of para-hydroxylation sites is 1. The monoisotopic (exact) mass is 268 g/mol. The van der Waals surface area contributed by atoms with Crippen LogP contribution in [0.3, 0.4) is 0 Å². The van der Waals surface area contributed by atoms with Crippen molar-refractivity contribution in [2.45, 2.75) is 19.5 Å². The van der Waals surface area contributed by atoms with Crippen LogP contribution in [0.4, 0.5) is 5.69 Å². The lowest BCUT2D eigenvalue weighted by Gasteiger charge is -2.15. The van der Waals surface area contributed by atoms with Crippen molar-refractivity contribution in [3.63, 3.8) is 0 Å². The highest BCUT2D eigenvalue weighted by atomic mass is 16.3. The normalized spacial score (nSPS) is 13.3. The van der Waals surface area contributed by atoms with Crippen molar-refractivity contribution in [1.29, 1.82) is 0 Å². The summed E-state index contributed by atoms with van der Waals surface area (Å²) in [7, 11) is 0. The molecule has 1 heterocycles. The summed E-state index contributed by atoms with van der Waals surface area (Å²) in [5.41, 5.74) is 9.39. The number of nitrogens with two attached hydrogens (primary N) is 1. The number of amides is 1. The number of carbonyl (C=O) groups is 1. The third kappa shape index (κ3) is 2.32. The molecule has 2 aromatic rings. The number of nitrogen functional groups attached to an aromatic ring is 1. The number of benzene rings is 2. The molecule has 0 spiro atoms. The molecule has 2 aromatic carbocycles. The first-order valence-corrected chi connectivity index (χ1v) is 6.55. The predicted molar refractivity (Wildman–Crippen MR) is 76.9 cm³/mol. The Morgan fingerprint density at radius 3 is 2.70 bits per heavy atom. The number of rotatable bonds is 2. The number of aromatic hydroxyl groups is 1. The summed E-state index contributed by atoms with van der Waals surface area (Å²) < 4.78 is 0. The Hall–Kier alpha value is -2.49. The highest BCUT2D eigenvalue weighted by molar-refractivity contribution is 5.80. The Balaban J connectivity index is 1.73. The van der Waals surface area contributed by atoms with Crippen LogP contribution in [-0.2, 0) is 24.3 Å². The highest BCUT2D eigenvalue weighted by Crippen LogP contribution is 2.26. The summed E-state index contributed by atoms with van der Waals surface area (Å²) in [6.07, 6.45) is 0.218. The van der Waals surface area contributed by atoms with Gasteiger partial charge in [0.1, 0.15) is 5.75 Å². The molecule has 0 saturated carbocycles. The van der Waals surface area contributed by atoms with Crippen LogP contribution in [0, 0.1) is 0 Å². The SMILES string of the molecule is Nc1ccc2c(c1)CN(C(=O)Cc1ccccc1O)C2. The minimum absolute atomic E-state index is 0.0151. The fourth-order valence-electron chi connectivity index (χ4n) is 2.53. The number of carbonyl (C=O) groups excluding carboxylic acids is 1. The molecule has 0 bridgehead atoms. The molecule has 0 aliphatic carbocycles. The molecular weight excluding hydrogens is 252 g/mol. The molecule has 102 valence electrons. The number of phenolic OH excluding ortho intramolecular Hbond substituents is 1. The lowest BCUT2D eigenvalue weighted by molar-refractivity contribution is -0.131. The molecule has 0 radical (unpaired) electrons. The van der Waals surface area contributed by atoms with E-state index in [0.29, 0.717) is 18.7 Å². The molecule has 3 rings (SSSR count). The average Bonchev–Trinajstić information content (AvgIpc) is 2.84. The maximum atomic E-state index is 12.3. The Bertz CT molecular complexity index is 667. The number of phenols is 1. The minimum atomic E-state index is 0.0151. The zero-order valence-corrected chi connectivity index (χ0v) is 11.0. The first-order valence-electron chi connectivity index (χ1n) is 6.55. The van der Waals surface area contributed by atoms with Gasteiger partial charge in [0.05, 0.1) is 6.42 Å². The molecule has 0 fully saturated rings. The maximum Gasteiger partial charge on any atom is 0.227 e. The Morgan fingerprint density at radius 2 is 1.90 bits per heavy atom. The van der Waals surface area contributed by atoms with Crippen molar-refractivity contribution < 1.29 is 9.90 Å². The van der Waals surface area contributed by atoms with Crippen molar-refractivity contribution in [3.05, 3.63) is 59.2 Å². The summed E-state index contributed by atoms with van der Waals surface area (Å²) in [6.45, 7) is 1.20. The van der Waals surface area contributed by atoms with Gasteiger partial charge in [-0.1, -0.05) is 24.3 Å².